The van der Waals surface area contributed by atoms with Gasteiger partial charge in [-0.1, -0.05) is 29.8 Å². The predicted molar refractivity (Wildman–Crippen MR) is 63.7 cm³/mol. The molecule has 0 saturated heterocycles. The number of halogens is 1. The monoisotopic (exact) mass is 221 g/mol. The number of hydrogen-bond donors (Lipinski definition) is 1. The lowest BCUT2D eigenvalue weighted by atomic mass is 10.2. The summed E-state index contributed by atoms with van der Waals surface area (Å²) in [4.78, 5) is 11.2. The van der Waals surface area contributed by atoms with Crippen LogP contribution in [-0.4, -0.2) is 12.5 Å². The Morgan fingerprint density at radius 2 is 2.33 bits per heavy atom. The van der Waals surface area contributed by atoms with Crippen molar-refractivity contribution < 1.29 is 4.79 Å². The van der Waals surface area contributed by atoms with E-state index in [4.69, 9.17) is 11.6 Å². The molecule has 1 rings (SSSR count). The van der Waals surface area contributed by atoms with Gasteiger partial charge in [-0.05, 0) is 23.8 Å². The standard InChI is InChI=1S/C12H12ClNO/c1-2-8-14-12(15)7-6-10-4-3-5-11(13)9-10/h2-7,9H,1,8H2,(H,14,15). The highest BCUT2D eigenvalue weighted by atomic mass is 35.5. The first kappa shape index (κ1) is 11.5. The largest absolute Gasteiger partial charge is 0.349 e. The summed E-state index contributed by atoms with van der Waals surface area (Å²) in [5, 5.41) is 3.30. The van der Waals surface area contributed by atoms with E-state index in [9.17, 15) is 4.79 Å². The molecule has 1 N–H and O–H groups in total. The molecule has 0 aromatic heterocycles. The third-order valence-electron chi connectivity index (χ3n) is 1.70. The van der Waals surface area contributed by atoms with Crippen molar-refractivity contribution in [3.8, 4) is 0 Å². The maximum absolute atomic E-state index is 11.2. The fraction of sp³-hybridized carbons (Fsp3) is 0.0833. The molecule has 0 saturated carbocycles. The van der Waals surface area contributed by atoms with Crippen LogP contribution in [0.1, 0.15) is 5.56 Å². The molecule has 0 aliphatic heterocycles. The minimum atomic E-state index is -0.144. The highest BCUT2D eigenvalue weighted by Crippen LogP contribution is 2.11. The van der Waals surface area contributed by atoms with E-state index in [-0.39, 0.29) is 5.91 Å². The molecule has 1 amide bonds. The molecule has 15 heavy (non-hydrogen) atoms. The van der Waals surface area contributed by atoms with Crippen molar-refractivity contribution in [1.29, 1.82) is 0 Å². The van der Waals surface area contributed by atoms with Crippen LogP contribution in [0.25, 0.3) is 6.08 Å². The number of benzene rings is 1. The van der Waals surface area contributed by atoms with Crippen molar-refractivity contribution >= 4 is 23.6 Å². The molecule has 0 spiro atoms. The smallest absolute Gasteiger partial charge is 0.244 e. The van der Waals surface area contributed by atoms with Crippen LogP contribution < -0.4 is 5.32 Å². The molecule has 78 valence electrons. The molecule has 1 aromatic rings. The van der Waals surface area contributed by atoms with Crippen LogP contribution in [0.2, 0.25) is 5.02 Å². The van der Waals surface area contributed by atoms with Crippen LogP contribution in [0.15, 0.2) is 43.0 Å². The summed E-state index contributed by atoms with van der Waals surface area (Å²) in [6.07, 6.45) is 4.81. The van der Waals surface area contributed by atoms with Gasteiger partial charge in [0.05, 0.1) is 0 Å². The van der Waals surface area contributed by atoms with E-state index >= 15 is 0 Å². The third-order valence-corrected chi connectivity index (χ3v) is 1.93. The summed E-state index contributed by atoms with van der Waals surface area (Å²) in [5.41, 5.74) is 0.899. The second kappa shape index (κ2) is 6.04. The molecule has 0 heterocycles. The van der Waals surface area contributed by atoms with Crippen molar-refractivity contribution in [3.05, 3.63) is 53.6 Å². The molecule has 0 aliphatic rings. The van der Waals surface area contributed by atoms with E-state index in [2.05, 4.69) is 11.9 Å². The van der Waals surface area contributed by atoms with Crippen molar-refractivity contribution in [3.63, 3.8) is 0 Å². The zero-order chi connectivity index (χ0) is 11.1. The Morgan fingerprint density at radius 3 is 3.00 bits per heavy atom. The lowest BCUT2D eigenvalue weighted by Gasteiger charge is -1.96. The molecule has 1 aromatic carbocycles. The SMILES string of the molecule is C=CCNC(=O)C=Cc1cccc(Cl)c1. The normalized spacial score (nSPS) is 10.2. The van der Waals surface area contributed by atoms with E-state index in [1.807, 2.05) is 12.1 Å². The molecular weight excluding hydrogens is 210 g/mol. The first-order valence-corrected chi connectivity index (χ1v) is 4.92. The second-order valence-corrected chi connectivity index (χ2v) is 3.36. The first-order chi connectivity index (χ1) is 7.22. The quantitative estimate of drug-likeness (QED) is 0.615. The zero-order valence-corrected chi connectivity index (χ0v) is 9.00. The summed E-state index contributed by atoms with van der Waals surface area (Å²) in [6, 6.07) is 7.29. The minimum absolute atomic E-state index is 0.144. The van der Waals surface area contributed by atoms with Gasteiger partial charge in [0.15, 0.2) is 0 Å². The third kappa shape index (κ3) is 4.47. The Labute approximate surface area is 94.3 Å². The van der Waals surface area contributed by atoms with Crippen molar-refractivity contribution in [2.45, 2.75) is 0 Å². The van der Waals surface area contributed by atoms with Gasteiger partial charge in [0.1, 0.15) is 0 Å². The second-order valence-electron chi connectivity index (χ2n) is 2.92. The predicted octanol–water partition coefficient (Wildman–Crippen LogP) is 2.66. The lowest BCUT2D eigenvalue weighted by Crippen LogP contribution is -2.20. The molecule has 3 heteroatoms. The Kier molecular flexibility index (Phi) is 4.64. The van der Waals surface area contributed by atoms with Gasteiger partial charge in [-0.3, -0.25) is 4.79 Å². The van der Waals surface area contributed by atoms with Gasteiger partial charge in [0.2, 0.25) is 5.91 Å². The first-order valence-electron chi connectivity index (χ1n) is 4.55. The van der Waals surface area contributed by atoms with E-state index in [0.29, 0.717) is 11.6 Å². The lowest BCUT2D eigenvalue weighted by molar-refractivity contribution is -0.116. The number of carbonyl (C=O) groups is 1. The van der Waals surface area contributed by atoms with Gasteiger partial charge in [-0.25, -0.2) is 0 Å². The fourth-order valence-corrected chi connectivity index (χ4v) is 1.21. The summed E-state index contributed by atoms with van der Waals surface area (Å²) in [5.74, 6) is -0.144. The highest BCUT2D eigenvalue weighted by molar-refractivity contribution is 6.30. The van der Waals surface area contributed by atoms with Crippen molar-refractivity contribution in [2.24, 2.45) is 0 Å². The molecule has 0 aliphatic carbocycles. The van der Waals surface area contributed by atoms with Gasteiger partial charge >= 0.3 is 0 Å². The minimum Gasteiger partial charge on any atom is -0.349 e. The van der Waals surface area contributed by atoms with Crippen LogP contribution in [0.3, 0.4) is 0 Å². The summed E-state index contributed by atoms with van der Waals surface area (Å²) in [7, 11) is 0. The highest BCUT2D eigenvalue weighted by Gasteiger charge is 1.92. The van der Waals surface area contributed by atoms with Crippen LogP contribution in [0.4, 0.5) is 0 Å². The molecule has 0 fully saturated rings. The zero-order valence-electron chi connectivity index (χ0n) is 8.24. The van der Waals surface area contributed by atoms with Gasteiger partial charge in [-0.2, -0.15) is 0 Å². The maximum Gasteiger partial charge on any atom is 0.244 e. The number of carbonyl (C=O) groups excluding carboxylic acids is 1. The topological polar surface area (TPSA) is 29.1 Å². The van der Waals surface area contributed by atoms with Crippen LogP contribution in [0, 0.1) is 0 Å². The number of nitrogens with one attached hydrogen (secondary N) is 1. The fourth-order valence-electron chi connectivity index (χ4n) is 1.01. The maximum atomic E-state index is 11.2. The van der Waals surface area contributed by atoms with Crippen LogP contribution >= 0.6 is 11.6 Å². The summed E-state index contributed by atoms with van der Waals surface area (Å²) >= 11 is 5.80. The van der Waals surface area contributed by atoms with E-state index in [1.165, 1.54) is 6.08 Å². The van der Waals surface area contributed by atoms with Gasteiger partial charge < -0.3 is 5.32 Å². The number of rotatable bonds is 4. The van der Waals surface area contributed by atoms with E-state index < -0.39 is 0 Å². The molecule has 0 atom stereocenters. The summed E-state index contributed by atoms with van der Waals surface area (Å²) in [6.45, 7) is 3.98. The summed E-state index contributed by atoms with van der Waals surface area (Å²) < 4.78 is 0. The molecule has 0 radical (unpaired) electrons. The van der Waals surface area contributed by atoms with Crippen LogP contribution in [0.5, 0.6) is 0 Å². The van der Waals surface area contributed by atoms with Gasteiger partial charge in [0, 0.05) is 17.6 Å². The van der Waals surface area contributed by atoms with Gasteiger partial charge in [0.25, 0.3) is 0 Å². The van der Waals surface area contributed by atoms with Crippen molar-refractivity contribution in [2.75, 3.05) is 6.54 Å². The average molecular weight is 222 g/mol. The Hall–Kier alpha value is -1.54. The average Bonchev–Trinajstić information content (AvgIpc) is 2.23. The molecule has 0 unspecified atom stereocenters. The van der Waals surface area contributed by atoms with Crippen molar-refractivity contribution in [1.82, 2.24) is 5.32 Å². The van der Waals surface area contributed by atoms with E-state index in [0.717, 1.165) is 5.56 Å². The molecular formula is C12H12ClNO. The van der Waals surface area contributed by atoms with Crippen LogP contribution in [-0.2, 0) is 4.79 Å². The van der Waals surface area contributed by atoms with E-state index in [1.54, 1.807) is 24.3 Å². The molecule has 2 nitrogen and oxygen atoms in total. The molecule has 0 bridgehead atoms. The Balaban J connectivity index is 2.57. The Morgan fingerprint density at radius 1 is 1.53 bits per heavy atom. The van der Waals surface area contributed by atoms with Gasteiger partial charge in [-0.15, -0.1) is 6.58 Å². The number of amides is 1. The number of hydrogen-bond acceptors (Lipinski definition) is 1. The Bertz CT molecular complexity index is 385.